The lowest BCUT2D eigenvalue weighted by Crippen LogP contribution is -2.51. The van der Waals surface area contributed by atoms with Crippen LogP contribution in [0.25, 0.3) is 10.8 Å². The van der Waals surface area contributed by atoms with Gasteiger partial charge in [0.05, 0.1) is 50.5 Å². The lowest BCUT2D eigenvalue weighted by molar-refractivity contribution is -0.146. The minimum atomic E-state index is -2.36. The highest BCUT2D eigenvalue weighted by Crippen LogP contribution is 2.60. The number of aliphatic hydroxyl groups is 1. The highest BCUT2D eigenvalue weighted by molar-refractivity contribution is 9.10. The Labute approximate surface area is 341 Å². The van der Waals surface area contributed by atoms with Gasteiger partial charge in [-0.15, -0.1) is 5.10 Å². The fourth-order valence-corrected chi connectivity index (χ4v) is 14.2. The van der Waals surface area contributed by atoms with Crippen molar-refractivity contribution in [3.63, 3.8) is 0 Å². The molecular formula is C45H44BrN5O5Si. The number of anilines is 3. The zero-order chi connectivity index (χ0) is 39.6. The summed E-state index contributed by atoms with van der Waals surface area (Å²) in [6, 6.07) is 34.2. The van der Waals surface area contributed by atoms with Gasteiger partial charge in [0, 0.05) is 52.8 Å². The van der Waals surface area contributed by atoms with Crippen LogP contribution in [-0.2, 0) is 34.6 Å². The Bertz CT molecular complexity index is 2540. The first-order chi connectivity index (χ1) is 27.5. The number of hydrogen-bond acceptors (Lipinski definition) is 7. The predicted molar refractivity (Wildman–Crippen MR) is 227 cm³/mol. The Morgan fingerprint density at radius 3 is 2.49 bits per heavy atom. The summed E-state index contributed by atoms with van der Waals surface area (Å²) in [5, 5.41) is 21.3. The SMILES string of the molecule is COc1ccc([Si](C)(C)[C@H]2[C@H](CCn3cc(CCO)nn3)O[C@@]3(C(=O)N(Cc4cccc(N5C(=O)c6cccc7cccc5c67)c4)c4ccc(Br)cc43)[C@@H]2C)cc1. The number of nitrogens with zero attached hydrogens (tertiary/aromatic N) is 5. The average molecular weight is 843 g/mol. The molecule has 0 saturated carbocycles. The number of aliphatic hydroxyl groups excluding tert-OH is 1. The van der Waals surface area contributed by atoms with Crippen molar-refractivity contribution in [1.29, 1.82) is 0 Å². The van der Waals surface area contributed by atoms with Crippen LogP contribution in [0.1, 0.15) is 40.5 Å². The summed E-state index contributed by atoms with van der Waals surface area (Å²) < 4.78 is 15.6. The Hall–Kier alpha value is -5.14. The Balaban J connectivity index is 1.08. The summed E-state index contributed by atoms with van der Waals surface area (Å²) in [7, 11) is -0.687. The minimum Gasteiger partial charge on any atom is -0.497 e. The third-order valence-electron chi connectivity index (χ3n) is 12.5. The van der Waals surface area contributed by atoms with Crippen molar-refractivity contribution in [3.8, 4) is 5.75 Å². The van der Waals surface area contributed by atoms with Crippen LogP contribution in [0.15, 0.2) is 114 Å². The molecule has 9 rings (SSSR count). The van der Waals surface area contributed by atoms with Gasteiger partial charge in [-0.3, -0.25) is 19.2 Å². The molecule has 57 heavy (non-hydrogen) atoms. The maximum Gasteiger partial charge on any atom is 0.264 e. The van der Waals surface area contributed by atoms with E-state index in [1.54, 1.807) is 12.0 Å². The molecule has 1 aromatic heterocycles. The zero-order valence-corrected chi connectivity index (χ0v) is 34.9. The largest absolute Gasteiger partial charge is 0.497 e. The van der Waals surface area contributed by atoms with Crippen LogP contribution in [-0.4, -0.2) is 59.8 Å². The zero-order valence-electron chi connectivity index (χ0n) is 32.4. The van der Waals surface area contributed by atoms with Gasteiger partial charge in [-0.1, -0.05) is 94.9 Å². The molecular weight excluding hydrogens is 799 g/mol. The number of aromatic nitrogens is 3. The second-order valence-electron chi connectivity index (χ2n) is 15.9. The van der Waals surface area contributed by atoms with Gasteiger partial charge in [-0.25, -0.2) is 0 Å². The van der Waals surface area contributed by atoms with Crippen LogP contribution in [0.2, 0.25) is 18.6 Å². The van der Waals surface area contributed by atoms with Gasteiger partial charge in [0.15, 0.2) is 5.60 Å². The molecule has 3 aliphatic heterocycles. The number of amides is 2. The van der Waals surface area contributed by atoms with Crippen LogP contribution in [0.5, 0.6) is 5.75 Å². The third-order valence-corrected chi connectivity index (χ3v) is 17.3. The molecule has 6 aromatic rings. The molecule has 10 nitrogen and oxygen atoms in total. The van der Waals surface area contributed by atoms with E-state index in [1.807, 2.05) is 101 Å². The van der Waals surface area contributed by atoms with E-state index in [0.29, 0.717) is 31.5 Å². The first kappa shape index (κ1) is 37.4. The smallest absolute Gasteiger partial charge is 0.264 e. The molecule has 0 bridgehead atoms. The quantitative estimate of drug-likeness (QED) is 0.132. The number of rotatable bonds is 11. The van der Waals surface area contributed by atoms with Crippen molar-refractivity contribution < 1.29 is 24.2 Å². The van der Waals surface area contributed by atoms with Crippen LogP contribution in [0.3, 0.4) is 0 Å². The van der Waals surface area contributed by atoms with Crippen molar-refractivity contribution in [3.05, 3.63) is 136 Å². The van der Waals surface area contributed by atoms with Gasteiger partial charge < -0.3 is 19.5 Å². The molecule has 4 heterocycles. The topological polar surface area (TPSA) is 110 Å². The fourth-order valence-electron chi connectivity index (χ4n) is 9.80. The standard InChI is InChI=1S/C45H44BrN5O5Si/c1-28-42(57(3,4)35-17-15-34(55-2)16-18-35)40(20-22-49-27-32(21-23-52)47-48-49)56-45(28)37-25-31(46)14-19-38(37)50(44(45)54)26-29-8-5-11-33(24-29)51-39-13-7-10-30-9-6-12-36(41(30)39)43(51)53/h5-19,24-25,27-28,40,42,52H,20-23,26H2,1-4H3/t28-,40+,42-,45+/m1/s1. The number of benzene rings is 5. The van der Waals surface area contributed by atoms with Crippen molar-refractivity contribution >= 4 is 68.8 Å². The normalized spacial score (nSPS) is 21.3. The molecule has 1 saturated heterocycles. The molecule has 1 spiro atoms. The van der Waals surface area contributed by atoms with Gasteiger partial charge in [-0.05, 0) is 77.5 Å². The highest BCUT2D eigenvalue weighted by atomic mass is 79.9. The molecule has 290 valence electrons. The Kier molecular flexibility index (Phi) is 9.42. The number of hydrogen-bond donors (Lipinski definition) is 1. The van der Waals surface area contributed by atoms with Crippen molar-refractivity contribution in [2.45, 2.75) is 63.2 Å². The number of carbonyl (C=O) groups is 2. The van der Waals surface area contributed by atoms with Crippen LogP contribution in [0.4, 0.5) is 17.1 Å². The number of ether oxygens (including phenoxy) is 2. The number of halogens is 1. The van der Waals surface area contributed by atoms with E-state index in [-0.39, 0.29) is 36.0 Å². The second-order valence-corrected chi connectivity index (χ2v) is 21.5. The molecule has 0 radical (unpaired) electrons. The summed E-state index contributed by atoms with van der Waals surface area (Å²) >= 11 is 3.73. The molecule has 2 amide bonds. The van der Waals surface area contributed by atoms with Gasteiger partial charge in [0.1, 0.15) is 5.75 Å². The van der Waals surface area contributed by atoms with Crippen molar-refractivity contribution in [1.82, 2.24) is 15.0 Å². The van der Waals surface area contributed by atoms with E-state index in [9.17, 15) is 9.90 Å². The molecule has 1 N–H and O–H groups in total. The third kappa shape index (κ3) is 6.03. The summed E-state index contributed by atoms with van der Waals surface area (Å²) in [6.45, 7) is 7.82. The monoisotopic (exact) mass is 841 g/mol. The molecule has 0 aliphatic carbocycles. The van der Waals surface area contributed by atoms with Crippen LogP contribution >= 0.6 is 15.9 Å². The number of carbonyl (C=O) groups excluding carboxylic acids is 2. The number of aryl methyl sites for hydroxylation is 1. The first-order valence-corrected chi connectivity index (χ1v) is 23.3. The molecule has 5 aromatic carbocycles. The van der Waals surface area contributed by atoms with Gasteiger partial charge in [-0.2, -0.15) is 0 Å². The average Bonchev–Trinajstić information content (AvgIpc) is 3.93. The van der Waals surface area contributed by atoms with Crippen LogP contribution in [0, 0.1) is 5.92 Å². The fraction of sp³-hybridized carbons (Fsp3) is 0.289. The molecule has 1 fully saturated rings. The van der Waals surface area contributed by atoms with Crippen molar-refractivity contribution in [2.75, 3.05) is 23.5 Å². The molecule has 12 heteroatoms. The van der Waals surface area contributed by atoms with E-state index in [1.165, 1.54) is 5.19 Å². The van der Waals surface area contributed by atoms with Gasteiger partial charge in [0.2, 0.25) is 0 Å². The van der Waals surface area contributed by atoms with Crippen LogP contribution < -0.4 is 19.7 Å². The summed E-state index contributed by atoms with van der Waals surface area (Å²) in [4.78, 5) is 33.0. The lowest BCUT2D eigenvalue weighted by atomic mass is 9.82. The first-order valence-electron chi connectivity index (χ1n) is 19.4. The molecule has 4 atom stereocenters. The summed E-state index contributed by atoms with van der Waals surface area (Å²) in [6.07, 6.45) is 2.68. The maximum atomic E-state index is 15.4. The van der Waals surface area contributed by atoms with Gasteiger partial charge in [0.25, 0.3) is 11.8 Å². The minimum absolute atomic E-state index is 0.00717. The summed E-state index contributed by atoms with van der Waals surface area (Å²) in [5.74, 6) is 0.484. The number of fused-ring (bicyclic) bond motifs is 2. The van der Waals surface area contributed by atoms with E-state index < -0.39 is 13.7 Å². The summed E-state index contributed by atoms with van der Waals surface area (Å²) in [5.41, 5.74) is 4.46. The Morgan fingerprint density at radius 1 is 0.947 bits per heavy atom. The Morgan fingerprint density at radius 2 is 1.72 bits per heavy atom. The second kappa shape index (κ2) is 14.4. The maximum absolute atomic E-state index is 15.4. The van der Waals surface area contributed by atoms with Crippen molar-refractivity contribution in [2.24, 2.45) is 5.92 Å². The molecule has 0 unspecified atom stereocenters. The van der Waals surface area contributed by atoms with E-state index >= 15 is 4.79 Å². The van der Waals surface area contributed by atoms with E-state index in [2.05, 4.69) is 64.5 Å². The van der Waals surface area contributed by atoms with E-state index in [0.717, 1.165) is 54.9 Å². The highest BCUT2D eigenvalue weighted by Gasteiger charge is 2.66. The van der Waals surface area contributed by atoms with E-state index in [4.69, 9.17) is 9.47 Å². The van der Waals surface area contributed by atoms with Gasteiger partial charge >= 0.3 is 0 Å². The predicted octanol–water partition coefficient (Wildman–Crippen LogP) is 7.88. The lowest BCUT2D eigenvalue weighted by Gasteiger charge is -2.37. The number of methoxy groups -OCH3 is 1. The molecule has 3 aliphatic rings.